The van der Waals surface area contributed by atoms with E-state index in [4.69, 9.17) is 4.74 Å². The van der Waals surface area contributed by atoms with Crippen molar-refractivity contribution < 1.29 is 22.7 Å². The van der Waals surface area contributed by atoms with Crippen molar-refractivity contribution in [3.05, 3.63) is 65.7 Å². The minimum Gasteiger partial charge on any atom is -0.484 e. The smallest absolute Gasteiger partial charge is 0.258 e. The van der Waals surface area contributed by atoms with Crippen LogP contribution in [0.2, 0.25) is 0 Å². The molecule has 0 saturated carbocycles. The molecule has 6 nitrogen and oxygen atoms in total. The summed E-state index contributed by atoms with van der Waals surface area (Å²) in [5.41, 5.74) is 1.14. The molecule has 0 bridgehead atoms. The Morgan fingerprint density at radius 1 is 1.00 bits per heavy atom. The molecule has 0 aliphatic carbocycles. The van der Waals surface area contributed by atoms with Crippen molar-refractivity contribution in [2.45, 2.75) is 12.5 Å². The number of rotatable bonds is 6. The van der Waals surface area contributed by atoms with Gasteiger partial charge in [0.2, 0.25) is 0 Å². The van der Waals surface area contributed by atoms with Crippen LogP contribution in [-0.4, -0.2) is 44.3 Å². The van der Waals surface area contributed by atoms with Gasteiger partial charge in [-0.2, -0.15) is 0 Å². The third-order valence-electron chi connectivity index (χ3n) is 4.12. The second-order valence-corrected chi connectivity index (χ2v) is 8.40. The fraction of sp³-hybridized carbons (Fsp3) is 0.263. The van der Waals surface area contributed by atoms with Crippen molar-refractivity contribution in [2.75, 3.05) is 18.1 Å². The summed E-state index contributed by atoms with van der Waals surface area (Å²) in [5.74, 6) is 0.0998. The monoisotopic (exact) mass is 373 g/mol. The summed E-state index contributed by atoms with van der Waals surface area (Å²) in [6.45, 7) is -0.206. The molecule has 3 rings (SSSR count). The molecule has 1 aliphatic heterocycles. The van der Waals surface area contributed by atoms with E-state index in [1.54, 1.807) is 48.5 Å². The number of amides is 1. The third kappa shape index (κ3) is 4.70. The molecule has 1 fully saturated rings. The highest BCUT2D eigenvalue weighted by atomic mass is 32.2. The molecule has 0 unspecified atom stereocenters. The number of hydrogen-bond donors (Lipinski definition) is 1. The molecule has 1 saturated heterocycles. The summed E-state index contributed by atoms with van der Waals surface area (Å²) in [5, 5.41) is 2.66. The number of carbonyl (C=O) groups excluding carboxylic acids is 2. The van der Waals surface area contributed by atoms with Crippen molar-refractivity contribution >= 4 is 21.5 Å². The van der Waals surface area contributed by atoms with E-state index >= 15 is 0 Å². The van der Waals surface area contributed by atoms with Crippen molar-refractivity contribution in [3.8, 4) is 5.75 Å². The van der Waals surface area contributed by atoms with E-state index in [0.717, 1.165) is 0 Å². The Hall–Kier alpha value is -2.67. The van der Waals surface area contributed by atoms with Crippen LogP contribution in [0.25, 0.3) is 0 Å². The molecular weight excluding hydrogens is 354 g/mol. The molecule has 1 heterocycles. The number of nitrogens with one attached hydrogen (secondary N) is 1. The Bertz CT molecular complexity index is 891. The van der Waals surface area contributed by atoms with E-state index in [1.165, 1.54) is 0 Å². The molecule has 26 heavy (non-hydrogen) atoms. The van der Waals surface area contributed by atoms with Crippen LogP contribution in [0, 0.1) is 0 Å². The lowest BCUT2D eigenvalue weighted by Crippen LogP contribution is -2.38. The quantitative estimate of drug-likeness (QED) is 0.777. The van der Waals surface area contributed by atoms with Crippen molar-refractivity contribution in [1.29, 1.82) is 0 Å². The van der Waals surface area contributed by atoms with E-state index in [0.29, 0.717) is 23.3 Å². The molecule has 0 radical (unpaired) electrons. The minimum atomic E-state index is -3.03. The van der Waals surface area contributed by atoms with Crippen molar-refractivity contribution in [2.24, 2.45) is 0 Å². The Morgan fingerprint density at radius 3 is 2.27 bits per heavy atom. The summed E-state index contributed by atoms with van der Waals surface area (Å²) in [7, 11) is -3.03. The summed E-state index contributed by atoms with van der Waals surface area (Å²) in [6, 6.07) is 15.2. The van der Waals surface area contributed by atoms with Gasteiger partial charge in [-0.25, -0.2) is 8.42 Å². The zero-order valence-electron chi connectivity index (χ0n) is 14.1. The largest absolute Gasteiger partial charge is 0.484 e. The first-order valence-electron chi connectivity index (χ1n) is 8.25. The van der Waals surface area contributed by atoms with Gasteiger partial charge in [-0.3, -0.25) is 9.59 Å². The molecule has 1 N–H and O–H groups in total. The van der Waals surface area contributed by atoms with Gasteiger partial charge < -0.3 is 10.1 Å². The molecule has 136 valence electrons. The molecule has 1 aliphatic rings. The molecule has 0 aromatic heterocycles. The van der Waals surface area contributed by atoms with Gasteiger partial charge in [0.25, 0.3) is 5.91 Å². The first-order valence-corrected chi connectivity index (χ1v) is 10.1. The van der Waals surface area contributed by atoms with Crippen LogP contribution in [0.1, 0.15) is 22.3 Å². The van der Waals surface area contributed by atoms with Crippen molar-refractivity contribution in [1.82, 2.24) is 5.32 Å². The van der Waals surface area contributed by atoms with E-state index in [1.807, 2.05) is 6.07 Å². The fourth-order valence-electron chi connectivity index (χ4n) is 2.79. The normalized spacial score (nSPS) is 18.2. The van der Waals surface area contributed by atoms with Crippen LogP contribution in [0.3, 0.4) is 0 Å². The number of ketones is 1. The maximum Gasteiger partial charge on any atom is 0.258 e. The topological polar surface area (TPSA) is 89.5 Å². The zero-order valence-corrected chi connectivity index (χ0v) is 14.9. The Balaban J connectivity index is 1.51. The highest BCUT2D eigenvalue weighted by Crippen LogP contribution is 2.16. The first kappa shape index (κ1) is 18.1. The van der Waals surface area contributed by atoms with E-state index < -0.39 is 9.84 Å². The number of hydrogen-bond acceptors (Lipinski definition) is 5. The molecular formula is C19H19NO5S. The second kappa shape index (κ2) is 7.70. The number of sulfone groups is 1. The Kier molecular flexibility index (Phi) is 5.37. The van der Waals surface area contributed by atoms with Crippen LogP contribution < -0.4 is 10.1 Å². The van der Waals surface area contributed by atoms with Gasteiger partial charge in [-0.1, -0.05) is 30.3 Å². The number of ether oxygens (including phenoxy) is 1. The maximum absolute atomic E-state index is 12.3. The lowest BCUT2D eigenvalue weighted by molar-refractivity contribution is -0.123. The lowest BCUT2D eigenvalue weighted by Gasteiger charge is -2.11. The molecule has 1 atom stereocenters. The predicted molar refractivity (Wildman–Crippen MR) is 97.0 cm³/mol. The number of carbonyl (C=O) groups is 2. The van der Waals surface area contributed by atoms with Crippen molar-refractivity contribution in [3.63, 3.8) is 0 Å². The summed E-state index contributed by atoms with van der Waals surface area (Å²) < 4.78 is 28.2. The van der Waals surface area contributed by atoms with Crippen LogP contribution in [-0.2, 0) is 14.6 Å². The Labute approximate surface area is 152 Å². The van der Waals surface area contributed by atoms with Gasteiger partial charge in [0.05, 0.1) is 11.5 Å². The van der Waals surface area contributed by atoms with Gasteiger partial charge in [0, 0.05) is 17.2 Å². The standard InChI is InChI=1S/C19H19NO5S/c21-18(20-16-10-11-26(23,24)13-16)12-25-17-8-6-15(7-9-17)19(22)14-4-2-1-3-5-14/h1-9,16H,10-13H2,(H,20,21)/t16-/m0/s1. The molecule has 7 heteroatoms. The summed E-state index contributed by atoms with van der Waals surface area (Å²) in [6.07, 6.45) is 0.435. The zero-order chi connectivity index (χ0) is 18.6. The highest BCUT2D eigenvalue weighted by Gasteiger charge is 2.28. The lowest BCUT2D eigenvalue weighted by atomic mass is 10.0. The summed E-state index contributed by atoms with van der Waals surface area (Å²) >= 11 is 0. The van der Waals surface area contributed by atoms with Crippen LogP contribution in [0.15, 0.2) is 54.6 Å². The van der Waals surface area contributed by atoms with Crippen LogP contribution >= 0.6 is 0 Å². The Morgan fingerprint density at radius 2 is 1.65 bits per heavy atom. The van der Waals surface area contributed by atoms with Crippen LogP contribution in [0.4, 0.5) is 0 Å². The van der Waals surface area contributed by atoms with E-state index in [2.05, 4.69) is 5.32 Å². The average molecular weight is 373 g/mol. The molecule has 1 amide bonds. The van der Waals surface area contributed by atoms with Gasteiger partial charge in [-0.15, -0.1) is 0 Å². The van der Waals surface area contributed by atoms with Crippen LogP contribution in [0.5, 0.6) is 5.75 Å². The van der Waals surface area contributed by atoms with E-state index in [9.17, 15) is 18.0 Å². The van der Waals surface area contributed by atoms with E-state index in [-0.39, 0.29) is 35.8 Å². The van der Waals surface area contributed by atoms with Gasteiger partial charge in [0.1, 0.15) is 5.75 Å². The average Bonchev–Trinajstić information content (AvgIpc) is 2.99. The summed E-state index contributed by atoms with van der Waals surface area (Å²) in [4.78, 5) is 24.2. The molecule has 2 aromatic carbocycles. The second-order valence-electron chi connectivity index (χ2n) is 6.18. The number of benzene rings is 2. The SMILES string of the molecule is O=C(COc1ccc(C(=O)c2ccccc2)cc1)N[C@H]1CCS(=O)(=O)C1. The third-order valence-corrected chi connectivity index (χ3v) is 5.89. The first-order chi connectivity index (χ1) is 12.4. The maximum atomic E-state index is 12.3. The molecule has 2 aromatic rings. The van der Waals surface area contributed by atoms with Gasteiger partial charge >= 0.3 is 0 Å². The fourth-order valence-corrected chi connectivity index (χ4v) is 4.46. The highest BCUT2D eigenvalue weighted by molar-refractivity contribution is 7.91. The predicted octanol–water partition coefficient (Wildman–Crippen LogP) is 1.60. The molecule has 0 spiro atoms. The van der Waals surface area contributed by atoms with Gasteiger partial charge in [0.15, 0.2) is 22.2 Å². The minimum absolute atomic E-state index is 0.0188. The van der Waals surface area contributed by atoms with Gasteiger partial charge in [-0.05, 0) is 30.7 Å².